The summed E-state index contributed by atoms with van der Waals surface area (Å²) >= 11 is 0. The van der Waals surface area contributed by atoms with Crippen molar-refractivity contribution in [2.45, 2.75) is 39.2 Å². The second-order valence-electron chi connectivity index (χ2n) is 5.69. The van der Waals surface area contributed by atoms with Gasteiger partial charge >= 0.3 is 0 Å². The molecule has 1 unspecified atom stereocenters. The van der Waals surface area contributed by atoms with Crippen molar-refractivity contribution < 1.29 is 9.59 Å². The molecule has 1 aromatic rings. The summed E-state index contributed by atoms with van der Waals surface area (Å²) in [6.45, 7) is 3.76. The monoisotopic (exact) mass is 308 g/mol. The molecule has 2 amide bonds. The molecule has 0 spiro atoms. The normalized spacial score (nSPS) is 16.9. The van der Waals surface area contributed by atoms with E-state index < -0.39 is 0 Å². The Labute approximate surface area is 130 Å². The molecule has 22 heavy (non-hydrogen) atoms. The first-order chi connectivity index (χ1) is 10.6. The SMILES string of the molecule is CC(CN)C(=O)Nc1ncn(CC(=O)N2CCCCCC2)n1. The number of hydrogen-bond acceptors (Lipinski definition) is 5. The third kappa shape index (κ3) is 4.52. The number of rotatable bonds is 5. The van der Waals surface area contributed by atoms with E-state index in [1.54, 1.807) is 6.92 Å². The molecule has 1 aliphatic rings. The molecule has 2 heterocycles. The fourth-order valence-electron chi connectivity index (χ4n) is 2.33. The summed E-state index contributed by atoms with van der Waals surface area (Å²) in [7, 11) is 0. The number of carbonyl (C=O) groups excluding carboxylic acids is 2. The molecule has 1 aromatic heterocycles. The van der Waals surface area contributed by atoms with Gasteiger partial charge in [-0.2, -0.15) is 0 Å². The van der Waals surface area contributed by atoms with E-state index in [0.29, 0.717) is 0 Å². The van der Waals surface area contributed by atoms with Crippen LogP contribution in [0.5, 0.6) is 0 Å². The molecule has 1 aliphatic heterocycles. The van der Waals surface area contributed by atoms with E-state index in [4.69, 9.17) is 5.73 Å². The summed E-state index contributed by atoms with van der Waals surface area (Å²) in [6.07, 6.45) is 5.94. The van der Waals surface area contributed by atoms with E-state index in [9.17, 15) is 9.59 Å². The van der Waals surface area contributed by atoms with E-state index in [0.717, 1.165) is 25.9 Å². The predicted molar refractivity (Wildman–Crippen MR) is 81.9 cm³/mol. The van der Waals surface area contributed by atoms with E-state index in [1.807, 2.05) is 4.90 Å². The van der Waals surface area contributed by atoms with Crippen molar-refractivity contribution in [3.05, 3.63) is 6.33 Å². The summed E-state index contributed by atoms with van der Waals surface area (Å²) in [4.78, 5) is 29.8. The second kappa shape index (κ2) is 7.88. The van der Waals surface area contributed by atoms with Gasteiger partial charge in [0, 0.05) is 25.6 Å². The van der Waals surface area contributed by atoms with E-state index >= 15 is 0 Å². The number of amides is 2. The highest BCUT2D eigenvalue weighted by atomic mass is 16.2. The molecular weight excluding hydrogens is 284 g/mol. The smallest absolute Gasteiger partial charge is 0.248 e. The highest BCUT2D eigenvalue weighted by Crippen LogP contribution is 2.10. The Balaban J connectivity index is 1.88. The van der Waals surface area contributed by atoms with Gasteiger partial charge in [-0.05, 0) is 12.8 Å². The predicted octanol–water partition coefficient (Wildman–Crippen LogP) is 0.214. The first-order valence-corrected chi connectivity index (χ1v) is 7.78. The Kier molecular flexibility index (Phi) is 5.88. The topological polar surface area (TPSA) is 106 Å². The van der Waals surface area contributed by atoms with Crippen LogP contribution in [-0.2, 0) is 16.1 Å². The molecule has 0 bridgehead atoms. The van der Waals surface area contributed by atoms with Crippen molar-refractivity contribution >= 4 is 17.8 Å². The molecule has 0 aliphatic carbocycles. The molecule has 8 heteroatoms. The van der Waals surface area contributed by atoms with Crippen molar-refractivity contribution in [2.75, 3.05) is 25.0 Å². The zero-order valence-corrected chi connectivity index (χ0v) is 13.0. The Bertz CT molecular complexity index is 507. The Morgan fingerprint density at radius 1 is 1.32 bits per heavy atom. The molecular formula is C14H24N6O2. The number of likely N-dealkylation sites (tertiary alicyclic amines) is 1. The van der Waals surface area contributed by atoms with Crippen molar-refractivity contribution in [1.29, 1.82) is 0 Å². The molecule has 0 radical (unpaired) electrons. The molecule has 3 N–H and O–H groups in total. The van der Waals surface area contributed by atoms with Crippen LogP contribution in [0.4, 0.5) is 5.95 Å². The first-order valence-electron chi connectivity index (χ1n) is 7.78. The van der Waals surface area contributed by atoms with Crippen molar-refractivity contribution in [1.82, 2.24) is 19.7 Å². The average Bonchev–Trinajstić information content (AvgIpc) is 2.78. The minimum absolute atomic E-state index is 0.0417. The molecule has 0 aromatic carbocycles. The van der Waals surface area contributed by atoms with Gasteiger partial charge in [0.25, 0.3) is 0 Å². The van der Waals surface area contributed by atoms with Crippen LogP contribution in [0.3, 0.4) is 0 Å². The van der Waals surface area contributed by atoms with Gasteiger partial charge in [0.05, 0.1) is 0 Å². The molecule has 1 fully saturated rings. The molecule has 1 atom stereocenters. The summed E-state index contributed by atoms with van der Waals surface area (Å²) in [5.41, 5.74) is 5.44. The maximum atomic E-state index is 12.2. The first kappa shape index (κ1) is 16.4. The van der Waals surface area contributed by atoms with Gasteiger partial charge in [0.15, 0.2) is 0 Å². The van der Waals surface area contributed by atoms with Crippen LogP contribution in [-0.4, -0.2) is 51.1 Å². The maximum Gasteiger partial charge on any atom is 0.248 e. The van der Waals surface area contributed by atoms with Crippen LogP contribution in [0, 0.1) is 5.92 Å². The van der Waals surface area contributed by atoms with E-state index in [-0.39, 0.29) is 36.8 Å². The minimum Gasteiger partial charge on any atom is -0.341 e. The Morgan fingerprint density at radius 3 is 2.64 bits per heavy atom. The summed E-state index contributed by atoms with van der Waals surface area (Å²) in [6, 6.07) is 0. The van der Waals surface area contributed by atoms with Gasteiger partial charge in [0.1, 0.15) is 12.9 Å². The number of nitrogens with zero attached hydrogens (tertiary/aromatic N) is 4. The Hall–Kier alpha value is -1.96. The lowest BCUT2D eigenvalue weighted by atomic mass is 10.2. The van der Waals surface area contributed by atoms with Gasteiger partial charge < -0.3 is 10.6 Å². The maximum absolute atomic E-state index is 12.2. The van der Waals surface area contributed by atoms with Crippen LogP contribution in [0.15, 0.2) is 6.33 Å². The fourth-order valence-corrected chi connectivity index (χ4v) is 2.33. The lowest BCUT2D eigenvalue weighted by Crippen LogP contribution is -2.34. The van der Waals surface area contributed by atoms with Gasteiger partial charge in [-0.15, -0.1) is 5.10 Å². The molecule has 2 rings (SSSR count). The highest BCUT2D eigenvalue weighted by molar-refractivity contribution is 5.90. The number of hydrogen-bond donors (Lipinski definition) is 2. The average molecular weight is 308 g/mol. The standard InChI is InChI=1S/C14H24N6O2/c1-11(8-15)13(22)17-14-16-10-20(18-14)9-12(21)19-6-4-2-3-5-7-19/h10-11H,2-9,15H2,1H3,(H,17,18,22). The number of anilines is 1. The lowest BCUT2D eigenvalue weighted by Gasteiger charge is -2.19. The Morgan fingerprint density at radius 2 is 2.00 bits per heavy atom. The van der Waals surface area contributed by atoms with Gasteiger partial charge in [0.2, 0.25) is 17.8 Å². The highest BCUT2D eigenvalue weighted by Gasteiger charge is 2.17. The largest absolute Gasteiger partial charge is 0.341 e. The summed E-state index contributed by atoms with van der Waals surface area (Å²) < 4.78 is 1.45. The molecule has 0 saturated carbocycles. The third-order valence-electron chi connectivity index (χ3n) is 3.83. The van der Waals surface area contributed by atoms with E-state index in [2.05, 4.69) is 15.4 Å². The van der Waals surface area contributed by atoms with Gasteiger partial charge in [-0.1, -0.05) is 19.8 Å². The van der Waals surface area contributed by atoms with Crippen LogP contribution in [0.2, 0.25) is 0 Å². The number of carbonyl (C=O) groups is 2. The number of aromatic nitrogens is 3. The fraction of sp³-hybridized carbons (Fsp3) is 0.714. The number of nitrogens with two attached hydrogens (primary N) is 1. The van der Waals surface area contributed by atoms with Crippen LogP contribution in [0.1, 0.15) is 32.6 Å². The van der Waals surface area contributed by atoms with Crippen molar-refractivity contribution in [3.8, 4) is 0 Å². The third-order valence-corrected chi connectivity index (χ3v) is 3.83. The van der Waals surface area contributed by atoms with E-state index in [1.165, 1.54) is 23.9 Å². The quantitative estimate of drug-likeness (QED) is 0.809. The second-order valence-corrected chi connectivity index (χ2v) is 5.69. The minimum atomic E-state index is -0.300. The molecule has 122 valence electrons. The van der Waals surface area contributed by atoms with Crippen LogP contribution >= 0.6 is 0 Å². The molecule has 8 nitrogen and oxygen atoms in total. The zero-order chi connectivity index (χ0) is 15.9. The van der Waals surface area contributed by atoms with Crippen LogP contribution < -0.4 is 11.1 Å². The van der Waals surface area contributed by atoms with Gasteiger partial charge in [-0.25, -0.2) is 9.67 Å². The van der Waals surface area contributed by atoms with Crippen LogP contribution in [0.25, 0.3) is 0 Å². The molecule has 1 saturated heterocycles. The lowest BCUT2D eigenvalue weighted by molar-refractivity contribution is -0.132. The number of nitrogens with one attached hydrogen (secondary N) is 1. The van der Waals surface area contributed by atoms with Crippen molar-refractivity contribution in [3.63, 3.8) is 0 Å². The zero-order valence-electron chi connectivity index (χ0n) is 13.0. The van der Waals surface area contributed by atoms with Crippen molar-refractivity contribution in [2.24, 2.45) is 11.7 Å². The van der Waals surface area contributed by atoms with Gasteiger partial charge in [-0.3, -0.25) is 14.9 Å². The summed E-state index contributed by atoms with van der Waals surface area (Å²) in [5, 5.41) is 6.70. The summed E-state index contributed by atoms with van der Waals surface area (Å²) in [5.74, 6) is -0.279.